The average Bonchev–Trinajstić information content (AvgIpc) is 2.55. The van der Waals surface area contributed by atoms with Crippen LogP contribution < -0.4 is 10.6 Å². The highest BCUT2D eigenvalue weighted by molar-refractivity contribution is 6.00. The fourth-order valence-electron chi connectivity index (χ4n) is 2.80. The molecule has 0 unspecified atom stereocenters. The van der Waals surface area contributed by atoms with Crippen molar-refractivity contribution in [3.63, 3.8) is 0 Å². The van der Waals surface area contributed by atoms with Crippen molar-refractivity contribution >= 4 is 17.4 Å². The molecule has 0 aromatic heterocycles. The second kappa shape index (κ2) is 8.00. The number of carbonyl (C=O) groups excluding carboxylic acids is 1. The van der Waals surface area contributed by atoms with E-state index in [1.54, 1.807) is 0 Å². The van der Waals surface area contributed by atoms with Gasteiger partial charge in [-0.05, 0) is 47.1 Å². The van der Waals surface area contributed by atoms with Gasteiger partial charge in [0.2, 0.25) is 0 Å². The Morgan fingerprint density at radius 1 is 0.875 bits per heavy atom. The first-order valence-electron chi connectivity index (χ1n) is 8.72. The van der Waals surface area contributed by atoms with Crippen LogP contribution in [0.3, 0.4) is 0 Å². The summed E-state index contributed by atoms with van der Waals surface area (Å²) in [7, 11) is 0. The van der Waals surface area contributed by atoms with Crippen LogP contribution in [0.2, 0.25) is 0 Å². The smallest absolute Gasteiger partial charge is 0.308 e. The lowest BCUT2D eigenvalue weighted by atomic mass is 9.93. The number of aryl methyl sites for hydroxylation is 1. The molecule has 2 aromatic rings. The van der Waals surface area contributed by atoms with E-state index in [0.717, 1.165) is 28.9 Å². The lowest BCUT2D eigenvalue weighted by Crippen LogP contribution is -2.21. The Morgan fingerprint density at radius 3 is 1.88 bits per heavy atom. The number of hydrogen-bond donors (Lipinski definition) is 2. The Hall–Kier alpha value is -2.29. The largest absolute Gasteiger partial charge is 0.323 e. The van der Waals surface area contributed by atoms with Crippen molar-refractivity contribution in [1.82, 2.24) is 0 Å². The van der Waals surface area contributed by atoms with Crippen LogP contribution in [0, 0.1) is 0 Å². The summed E-state index contributed by atoms with van der Waals surface area (Å²) < 4.78 is 0. The molecule has 0 heterocycles. The topological polar surface area (TPSA) is 41.1 Å². The van der Waals surface area contributed by atoms with Gasteiger partial charge in [-0.25, -0.2) is 4.79 Å². The van der Waals surface area contributed by atoms with Crippen molar-refractivity contribution in [3.8, 4) is 0 Å². The fourth-order valence-corrected chi connectivity index (χ4v) is 2.80. The number of para-hydroxylation sites is 1. The van der Waals surface area contributed by atoms with Crippen LogP contribution in [-0.4, -0.2) is 6.03 Å². The molecule has 2 rings (SSSR count). The molecule has 2 N–H and O–H groups in total. The molecule has 0 spiro atoms. The number of carbonyl (C=O) groups is 1. The summed E-state index contributed by atoms with van der Waals surface area (Å²) >= 11 is 0. The monoisotopic (exact) mass is 324 g/mol. The van der Waals surface area contributed by atoms with E-state index in [1.807, 2.05) is 24.3 Å². The van der Waals surface area contributed by atoms with Crippen molar-refractivity contribution in [2.75, 3.05) is 10.6 Å². The third-order valence-corrected chi connectivity index (χ3v) is 4.23. The summed E-state index contributed by atoms with van der Waals surface area (Å²) in [5.41, 5.74) is 5.33. The molecule has 0 atom stereocenters. The fraction of sp³-hybridized carbons (Fsp3) is 0.381. The SMILES string of the molecule is CCc1ccc(NC(=O)Nc2c(C(C)C)cccc2C(C)C)cc1. The van der Waals surface area contributed by atoms with Crippen LogP contribution in [0.5, 0.6) is 0 Å². The lowest BCUT2D eigenvalue weighted by molar-refractivity contribution is 0.262. The van der Waals surface area contributed by atoms with Gasteiger partial charge in [-0.15, -0.1) is 0 Å². The van der Waals surface area contributed by atoms with Gasteiger partial charge in [0.05, 0.1) is 0 Å². The molecule has 24 heavy (non-hydrogen) atoms. The lowest BCUT2D eigenvalue weighted by Gasteiger charge is -2.20. The van der Waals surface area contributed by atoms with E-state index < -0.39 is 0 Å². The second-order valence-electron chi connectivity index (χ2n) is 6.75. The summed E-state index contributed by atoms with van der Waals surface area (Å²) in [5, 5.41) is 5.99. The molecule has 0 radical (unpaired) electrons. The van der Waals surface area contributed by atoms with Gasteiger partial charge in [0.1, 0.15) is 0 Å². The number of hydrogen-bond acceptors (Lipinski definition) is 1. The quantitative estimate of drug-likeness (QED) is 0.681. The van der Waals surface area contributed by atoms with E-state index in [2.05, 4.69) is 63.5 Å². The highest BCUT2D eigenvalue weighted by atomic mass is 16.2. The first-order chi connectivity index (χ1) is 11.4. The summed E-state index contributed by atoms with van der Waals surface area (Å²) in [5.74, 6) is 0.700. The number of nitrogens with one attached hydrogen (secondary N) is 2. The molecule has 3 nitrogen and oxygen atoms in total. The molecule has 2 aromatic carbocycles. The molecule has 0 aliphatic rings. The minimum absolute atomic E-state index is 0.200. The molecule has 0 saturated heterocycles. The van der Waals surface area contributed by atoms with E-state index in [-0.39, 0.29) is 6.03 Å². The Kier molecular flexibility index (Phi) is 6.02. The van der Waals surface area contributed by atoms with Gasteiger partial charge in [0.15, 0.2) is 0 Å². The molecule has 2 amide bonds. The molecule has 3 heteroatoms. The molecular formula is C21H28N2O. The highest BCUT2D eigenvalue weighted by Gasteiger charge is 2.15. The molecule has 0 saturated carbocycles. The molecule has 0 aliphatic heterocycles. The summed E-state index contributed by atoms with van der Waals surface area (Å²) in [4.78, 5) is 12.5. The highest BCUT2D eigenvalue weighted by Crippen LogP contribution is 2.32. The van der Waals surface area contributed by atoms with Crippen LogP contribution in [0.25, 0.3) is 0 Å². The summed E-state index contributed by atoms with van der Waals surface area (Å²) in [6.45, 7) is 10.7. The molecule has 0 bridgehead atoms. The third kappa shape index (κ3) is 4.38. The van der Waals surface area contributed by atoms with Crippen molar-refractivity contribution in [3.05, 3.63) is 59.2 Å². The first kappa shape index (κ1) is 18.1. The van der Waals surface area contributed by atoms with Gasteiger partial charge in [-0.1, -0.05) is 65.0 Å². The van der Waals surface area contributed by atoms with E-state index >= 15 is 0 Å². The van der Waals surface area contributed by atoms with Crippen LogP contribution >= 0.6 is 0 Å². The van der Waals surface area contributed by atoms with Crippen molar-refractivity contribution < 1.29 is 4.79 Å². The third-order valence-electron chi connectivity index (χ3n) is 4.23. The zero-order chi connectivity index (χ0) is 17.7. The van der Waals surface area contributed by atoms with Crippen LogP contribution in [0.4, 0.5) is 16.2 Å². The van der Waals surface area contributed by atoms with E-state index in [1.165, 1.54) is 5.56 Å². The van der Waals surface area contributed by atoms with E-state index in [4.69, 9.17) is 0 Å². The van der Waals surface area contributed by atoms with Crippen LogP contribution in [0.1, 0.15) is 63.1 Å². The van der Waals surface area contributed by atoms with Gasteiger partial charge in [-0.2, -0.15) is 0 Å². The predicted molar refractivity (Wildman–Crippen MR) is 103 cm³/mol. The maximum Gasteiger partial charge on any atom is 0.323 e. The number of amides is 2. The Balaban J connectivity index is 2.21. The summed E-state index contributed by atoms with van der Waals surface area (Å²) in [6.07, 6.45) is 0.992. The van der Waals surface area contributed by atoms with Crippen molar-refractivity contribution in [2.45, 2.75) is 52.9 Å². The maximum atomic E-state index is 12.5. The maximum absolute atomic E-state index is 12.5. The number of rotatable bonds is 5. The summed E-state index contributed by atoms with van der Waals surface area (Å²) in [6, 6.07) is 14.0. The van der Waals surface area contributed by atoms with Gasteiger partial charge >= 0.3 is 6.03 Å². The number of benzene rings is 2. The molecule has 128 valence electrons. The first-order valence-corrected chi connectivity index (χ1v) is 8.72. The minimum Gasteiger partial charge on any atom is -0.308 e. The van der Waals surface area contributed by atoms with Crippen molar-refractivity contribution in [1.29, 1.82) is 0 Å². The average molecular weight is 324 g/mol. The minimum atomic E-state index is -0.200. The van der Waals surface area contributed by atoms with Crippen molar-refractivity contribution in [2.24, 2.45) is 0 Å². The van der Waals surface area contributed by atoms with E-state index in [9.17, 15) is 4.79 Å². The van der Waals surface area contributed by atoms with Gasteiger partial charge in [0, 0.05) is 11.4 Å². The van der Waals surface area contributed by atoms with Crippen LogP contribution in [0.15, 0.2) is 42.5 Å². The van der Waals surface area contributed by atoms with E-state index in [0.29, 0.717) is 11.8 Å². The zero-order valence-electron chi connectivity index (χ0n) is 15.3. The molecule has 0 fully saturated rings. The molecule has 0 aliphatic carbocycles. The molecular weight excluding hydrogens is 296 g/mol. The van der Waals surface area contributed by atoms with Gasteiger partial charge in [-0.3, -0.25) is 0 Å². The Bertz CT molecular complexity index is 661. The number of urea groups is 1. The predicted octanol–water partition coefficient (Wildman–Crippen LogP) is 6.14. The van der Waals surface area contributed by atoms with Gasteiger partial charge in [0.25, 0.3) is 0 Å². The Morgan fingerprint density at radius 2 is 1.42 bits per heavy atom. The van der Waals surface area contributed by atoms with Gasteiger partial charge < -0.3 is 10.6 Å². The van der Waals surface area contributed by atoms with Crippen LogP contribution in [-0.2, 0) is 6.42 Å². The zero-order valence-corrected chi connectivity index (χ0v) is 15.3. The number of anilines is 2. The normalized spacial score (nSPS) is 11.0. The second-order valence-corrected chi connectivity index (χ2v) is 6.75. The standard InChI is InChI=1S/C21H28N2O/c1-6-16-10-12-17(13-11-16)22-21(24)23-20-18(14(2)3)8-7-9-19(20)15(4)5/h7-15H,6H2,1-5H3,(H2,22,23,24). The Labute approximate surface area is 145 Å².